The quantitative estimate of drug-likeness (QED) is 0.511. The van der Waals surface area contributed by atoms with Crippen LogP contribution in [0.5, 0.6) is 0 Å². The van der Waals surface area contributed by atoms with Gasteiger partial charge in [0.25, 0.3) is 5.69 Å². The molecule has 0 bridgehead atoms. The molecule has 2 aromatic rings. The lowest BCUT2D eigenvalue weighted by Crippen LogP contribution is -2.16. The largest absolute Gasteiger partial charge is 0.319 e. The summed E-state index contributed by atoms with van der Waals surface area (Å²) in [6.45, 7) is 5.50. The summed E-state index contributed by atoms with van der Waals surface area (Å²) >= 11 is 2.79. The number of nitrogens with one attached hydrogen (secondary N) is 1. The van der Waals surface area contributed by atoms with Gasteiger partial charge in [0.2, 0.25) is 5.91 Å². The zero-order valence-electron chi connectivity index (χ0n) is 12.4. The van der Waals surface area contributed by atoms with Crippen molar-refractivity contribution in [3.05, 3.63) is 44.4 Å². The standard InChI is InChI=1S/C14H15N3O3S2/c1-8-4-5-11(17(19)20)13(10(8)3)16-12(18)7-22-14-15-9(2)6-21-14/h4-6H,7H2,1-3H3,(H,16,18). The lowest BCUT2D eigenvalue weighted by molar-refractivity contribution is -0.384. The van der Waals surface area contributed by atoms with Gasteiger partial charge in [0.1, 0.15) is 5.69 Å². The molecule has 116 valence electrons. The Morgan fingerprint density at radius 1 is 1.41 bits per heavy atom. The average molecular weight is 337 g/mol. The third-order valence-corrected chi connectivity index (χ3v) is 5.24. The fourth-order valence-corrected chi connectivity index (χ4v) is 3.46. The third kappa shape index (κ3) is 3.83. The molecule has 1 aromatic carbocycles. The molecular formula is C14H15N3O3S2. The topological polar surface area (TPSA) is 85.1 Å². The van der Waals surface area contributed by atoms with Crippen molar-refractivity contribution >= 4 is 40.4 Å². The van der Waals surface area contributed by atoms with Crippen LogP contribution in [0.2, 0.25) is 0 Å². The summed E-state index contributed by atoms with van der Waals surface area (Å²) in [4.78, 5) is 26.9. The minimum Gasteiger partial charge on any atom is -0.319 e. The minimum absolute atomic E-state index is 0.0912. The fraction of sp³-hybridized carbons (Fsp3) is 0.286. The first-order chi connectivity index (χ1) is 10.4. The molecule has 0 fully saturated rings. The molecule has 1 aromatic heterocycles. The fourth-order valence-electron chi connectivity index (χ4n) is 1.81. The molecule has 2 rings (SSSR count). The van der Waals surface area contributed by atoms with E-state index >= 15 is 0 Å². The summed E-state index contributed by atoms with van der Waals surface area (Å²) < 4.78 is 0.808. The Morgan fingerprint density at radius 3 is 2.73 bits per heavy atom. The summed E-state index contributed by atoms with van der Waals surface area (Å²) in [5.41, 5.74) is 2.69. The van der Waals surface area contributed by atoms with Crippen molar-refractivity contribution in [2.24, 2.45) is 0 Å². The molecule has 22 heavy (non-hydrogen) atoms. The maximum atomic E-state index is 12.1. The van der Waals surface area contributed by atoms with E-state index in [0.29, 0.717) is 5.56 Å². The number of carbonyl (C=O) groups excluding carboxylic acids is 1. The van der Waals surface area contributed by atoms with Crippen molar-refractivity contribution in [3.63, 3.8) is 0 Å². The second-order valence-electron chi connectivity index (χ2n) is 4.75. The smallest absolute Gasteiger partial charge is 0.293 e. The number of nitro benzene ring substituents is 1. The van der Waals surface area contributed by atoms with Crippen LogP contribution in [0.1, 0.15) is 16.8 Å². The number of rotatable bonds is 5. The van der Waals surface area contributed by atoms with Gasteiger partial charge in [0, 0.05) is 17.1 Å². The Kier molecular flexibility index (Phi) is 5.15. The predicted molar refractivity (Wildman–Crippen MR) is 88.8 cm³/mol. The van der Waals surface area contributed by atoms with Gasteiger partial charge in [-0.25, -0.2) is 4.98 Å². The van der Waals surface area contributed by atoms with Crippen LogP contribution in [0, 0.1) is 30.9 Å². The van der Waals surface area contributed by atoms with Crippen LogP contribution in [0.4, 0.5) is 11.4 Å². The van der Waals surface area contributed by atoms with E-state index in [0.717, 1.165) is 15.6 Å². The van der Waals surface area contributed by atoms with Crippen LogP contribution >= 0.6 is 23.1 Å². The molecule has 0 aliphatic rings. The molecule has 0 aliphatic heterocycles. The van der Waals surface area contributed by atoms with Gasteiger partial charge in [0.05, 0.1) is 10.7 Å². The highest BCUT2D eigenvalue weighted by Gasteiger charge is 2.19. The Morgan fingerprint density at radius 2 is 2.14 bits per heavy atom. The maximum Gasteiger partial charge on any atom is 0.293 e. The number of hydrogen-bond acceptors (Lipinski definition) is 6. The van der Waals surface area contributed by atoms with Crippen molar-refractivity contribution in [2.75, 3.05) is 11.1 Å². The Balaban J connectivity index is 2.11. The number of benzene rings is 1. The van der Waals surface area contributed by atoms with E-state index < -0.39 is 4.92 Å². The molecule has 1 N–H and O–H groups in total. The lowest BCUT2D eigenvalue weighted by atomic mass is 10.1. The molecule has 0 saturated carbocycles. The number of anilines is 1. The van der Waals surface area contributed by atoms with Crippen molar-refractivity contribution in [3.8, 4) is 0 Å². The van der Waals surface area contributed by atoms with Gasteiger partial charge >= 0.3 is 0 Å². The van der Waals surface area contributed by atoms with E-state index in [2.05, 4.69) is 10.3 Å². The molecule has 0 unspecified atom stereocenters. The monoisotopic (exact) mass is 337 g/mol. The molecule has 1 heterocycles. The third-order valence-electron chi connectivity index (χ3n) is 3.10. The highest BCUT2D eigenvalue weighted by Crippen LogP contribution is 2.30. The molecule has 6 nitrogen and oxygen atoms in total. The number of nitro groups is 1. The first-order valence-electron chi connectivity index (χ1n) is 6.48. The van der Waals surface area contributed by atoms with Crippen molar-refractivity contribution < 1.29 is 9.72 Å². The number of hydrogen-bond donors (Lipinski definition) is 1. The normalized spacial score (nSPS) is 10.5. The number of nitrogens with zero attached hydrogens (tertiary/aromatic N) is 2. The Labute approximate surface area is 136 Å². The van der Waals surface area contributed by atoms with Gasteiger partial charge in [-0.3, -0.25) is 14.9 Å². The van der Waals surface area contributed by atoms with Crippen LogP contribution in [0.3, 0.4) is 0 Å². The highest BCUT2D eigenvalue weighted by molar-refractivity contribution is 8.01. The zero-order valence-corrected chi connectivity index (χ0v) is 14.0. The Bertz CT molecular complexity index is 728. The van der Waals surface area contributed by atoms with Crippen molar-refractivity contribution in [1.82, 2.24) is 4.98 Å². The summed E-state index contributed by atoms with van der Waals surface area (Å²) in [7, 11) is 0. The highest BCUT2D eigenvalue weighted by atomic mass is 32.2. The van der Waals surface area contributed by atoms with Gasteiger partial charge in [-0.1, -0.05) is 17.8 Å². The number of thiazole rings is 1. The molecule has 8 heteroatoms. The summed E-state index contributed by atoms with van der Waals surface area (Å²) in [5.74, 6) is -0.119. The molecule has 0 aliphatic carbocycles. The van der Waals surface area contributed by atoms with Crippen LogP contribution in [0.15, 0.2) is 21.9 Å². The maximum absolute atomic E-state index is 12.1. The number of aromatic nitrogens is 1. The number of amides is 1. The van der Waals surface area contributed by atoms with Crippen LogP contribution in [-0.4, -0.2) is 21.6 Å². The first-order valence-corrected chi connectivity index (χ1v) is 8.34. The molecule has 0 saturated heterocycles. The lowest BCUT2D eigenvalue weighted by Gasteiger charge is -2.10. The van der Waals surface area contributed by atoms with Crippen molar-refractivity contribution in [2.45, 2.75) is 25.1 Å². The van der Waals surface area contributed by atoms with Gasteiger partial charge in [-0.2, -0.15) is 0 Å². The Hall–Kier alpha value is -1.93. The predicted octanol–water partition coefficient (Wildman–Crippen LogP) is 3.71. The zero-order chi connectivity index (χ0) is 16.3. The van der Waals surface area contributed by atoms with E-state index in [1.165, 1.54) is 29.2 Å². The van der Waals surface area contributed by atoms with E-state index in [4.69, 9.17) is 0 Å². The molecular weight excluding hydrogens is 322 g/mol. The molecule has 0 spiro atoms. The van der Waals surface area contributed by atoms with E-state index in [9.17, 15) is 14.9 Å². The first kappa shape index (κ1) is 16.4. The van der Waals surface area contributed by atoms with Gasteiger partial charge in [0.15, 0.2) is 4.34 Å². The van der Waals surface area contributed by atoms with Crippen molar-refractivity contribution in [1.29, 1.82) is 0 Å². The van der Waals surface area contributed by atoms with E-state index in [1.807, 2.05) is 19.2 Å². The number of carbonyl (C=O) groups is 1. The van der Waals surface area contributed by atoms with Gasteiger partial charge < -0.3 is 5.32 Å². The van der Waals surface area contributed by atoms with Crippen LogP contribution < -0.4 is 5.32 Å². The van der Waals surface area contributed by atoms with Crippen LogP contribution in [0.25, 0.3) is 0 Å². The summed E-state index contributed by atoms with van der Waals surface area (Å²) in [6.07, 6.45) is 0. The molecule has 0 atom stereocenters. The van der Waals surface area contributed by atoms with E-state index in [1.54, 1.807) is 13.0 Å². The van der Waals surface area contributed by atoms with Crippen LogP contribution in [-0.2, 0) is 4.79 Å². The minimum atomic E-state index is -0.487. The van der Waals surface area contributed by atoms with Gasteiger partial charge in [-0.05, 0) is 31.9 Å². The average Bonchev–Trinajstić information content (AvgIpc) is 2.87. The summed E-state index contributed by atoms with van der Waals surface area (Å²) in [5, 5.41) is 15.7. The summed E-state index contributed by atoms with van der Waals surface area (Å²) in [6, 6.07) is 3.09. The second-order valence-corrected chi connectivity index (χ2v) is 6.83. The number of aryl methyl sites for hydroxylation is 2. The number of thioether (sulfide) groups is 1. The SMILES string of the molecule is Cc1csc(SCC(=O)Nc2c([N+](=O)[O-])ccc(C)c2C)n1. The second kappa shape index (κ2) is 6.89. The van der Waals surface area contributed by atoms with Gasteiger partial charge in [-0.15, -0.1) is 11.3 Å². The van der Waals surface area contributed by atoms with E-state index in [-0.39, 0.29) is 23.0 Å². The molecule has 0 radical (unpaired) electrons. The molecule has 1 amide bonds.